The average molecular weight is 203 g/mol. The smallest absolute Gasteiger partial charge is 0.0220 e. The van der Waals surface area contributed by atoms with Gasteiger partial charge in [0.1, 0.15) is 0 Å². The second-order valence-electron chi connectivity index (χ2n) is 5.65. The van der Waals surface area contributed by atoms with E-state index in [1.54, 1.807) is 0 Å². The Morgan fingerprint density at radius 2 is 1.62 bits per heavy atom. The molecule has 0 saturated carbocycles. The Kier molecular flexibility index (Phi) is 4.81. The van der Waals surface area contributed by atoms with E-state index in [0.717, 1.165) is 12.2 Å². The highest BCUT2D eigenvalue weighted by molar-refractivity contribution is 8.00. The summed E-state index contributed by atoms with van der Waals surface area (Å²) in [6.07, 6.45) is 1.11. The fourth-order valence-corrected chi connectivity index (χ4v) is 2.25. The molecular weight excluding hydrogens is 178 g/mol. The van der Waals surface area contributed by atoms with Crippen LogP contribution in [0.25, 0.3) is 0 Å². The van der Waals surface area contributed by atoms with Crippen molar-refractivity contribution in [2.24, 2.45) is 11.7 Å². The molecule has 0 rings (SSSR count). The minimum absolute atomic E-state index is 0.00782. The molecule has 1 nitrogen and oxygen atoms in total. The van der Waals surface area contributed by atoms with E-state index in [-0.39, 0.29) is 5.54 Å². The van der Waals surface area contributed by atoms with Gasteiger partial charge in [-0.2, -0.15) is 11.8 Å². The van der Waals surface area contributed by atoms with E-state index in [1.807, 2.05) is 11.8 Å². The third-order valence-corrected chi connectivity index (χ3v) is 3.38. The minimum atomic E-state index is -0.00782. The summed E-state index contributed by atoms with van der Waals surface area (Å²) < 4.78 is 0.331. The predicted octanol–water partition coefficient (Wildman–Crippen LogP) is 3.28. The summed E-state index contributed by atoms with van der Waals surface area (Å²) in [5.74, 6) is 1.74. The third kappa shape index (κ3) is 8.63. The summed E-state index contributed by atoms with van der Waals surface area (Å²) in [6.45, 7) is 13.3. The molecule has 0 aromatic heterocycles. The second-order valence-corrected chi connectivity index (χ2v) is 7.46. The van der Waals surface area contributed by atoms with Crippen LogP contribution in [0.4, 0.5) is 0 Å². The predicted molar refractivity (Wildman–Crippen MR) is 64.3 cm³/mol. The van der Waals surface area contributed by atoms with Crippen molar-refractivity contribution in [2.75, 3.05) is 5.75 Å². The van der Waals surface area contributed by atoms with Crippen LogP contribution < -0.4 is 5.73 Å². The van der Waals surface area contributed by atoms with Crippen molar-refractivity contribution in [3.05, 3.63) is 0 Å². The highest BCUT2D eigenvalue weighted by atomic mass is 32.2. The first-order chi connectivity index (χ1) is 5.62. The summed E-state index contributed by atoms with van der Waals surface area (Å²) >= 11 is 1.96. The fraction of sp³-hybridized carbons (Fsp3) is 1.00. The molecule has 0 aliphatic heterocycles. The molecule has 0 amide bonds. The third-order valence-electron chi connectivity index (χ3n) is 1.71. The van der Waals surface area contributed by atoms with E-state index in [4.69, 9.17) is 5.73 Å². The number of rotatable bonds is 4. The monoisotopic (exact) mass is 203 g/mol. The maximum Gasteiger partial charge on any atom is 0.0220 e. The van der Waals surface area contributed by atoms with Gasteiger partial charge in [0.05, 0.1) is 0 Å². The Morgan fingerprint density at radius 1 is 1.15 bits per heavy atom. The molecule has 2 heteroatoms. The van der Waals surface area contributed by atoms with E-state index in [2.05, 4.69) is 41.5 Å². The zero-order chi connectivity index (χ0) is 10.7. The van der Waals surface area contributed by atoms with E-state index < -0.39 is 0 Å². The van der Waals surface area contributed by atoms with Crippen molar-refractivity contribution in [3.63, 3.8) is 0 Å². The number of nitrogens with two attached hydrogens (primary N) is 1. The van der Waals surface area contributed by atoms with Gasteiger partial charge in [-0.15, -0.1) is 0 Å². The van der Waals surface area contributed by atoms with Crippen LogP contribution in [0.2, 0.25) is 0 Å². The van der Waals surface area contributed by atoms with Gasteiger partial charge in [0.2, 0.25) is 0 Å². The van der Waals surface area contributed by atoms with E-state index in [9.17, 15) is 0 Å². The molecule has 0 spiro atoms. The Hall–Kier alpha value is 0.310. The van der Waals surface area contributed by atoms with Gasteiger partial charge in [-0.25, -0.2) is 0 Å². The Bertz CT molecular complexity index is 145. The average Bonchev–Trinajstić information content (AvgIpc) is 1.79. The maximum absolute atomic E-state index is 6.20. The van der Waals surface area contributed by atoms with Crippen LogP contribution in [0.1, 0.15) is 48.0 Å². The lowest BCUT2D eigenvalue weighted by molar-refractivity contribution is 0.405. The normalized spacial score (nSPS) is 17.5. The Labute approximate surface area is 87.9 Å². The zero-order valence-electron chi connectivity index (χ0n) is 9.98. The van der Waals surface area contributed by atoms with Gasteiger partial charge < -0.3 is 5.73 Å². The second kappa shape index (κ2) is 4.70. The van der Waals surface area contributed by atoms with Crippen LogP contribution in [0.15, 0.2) is 0 Å². The zero-order valence-corrected chi connectivity index (χ0v) is 10.8. The standard InChI is InChI=1S/C11H25NS/c1-9(2)7-11(6,12)8-13-10(3,4)5/h9H,7-8,12H2,1-6H3/t11-/m0/s1. The molecule has 0 aliphatic rings. The van der Waals surface area contributed by atoms with Crippen molar-refractivity contribution in [2.45, 2.75) is 58.2 Å². The van der Waals surface area contributed by atoms with Crippen molar-refractivity contribution >= 4 is 11.8 Å². The first-order valence-electron chi connectivity index (χ1n) is 5.05. The molecular formula is C11H25NS. The lowest BCUT2D eigenvalue weighted by Gasteiger charge is -2.29. The quantitative estimate of drug-likeness (QED) is 0.759. The van der Waals surface area contributed by atoms with Crippen LogP contribution >= 0.6 is 11.8 Å². The summed E-state index contributed by atoms with van der Waals surface area (Å²) in [7, 11) is 0. The van der Waals surface area contributed by atoms with Gasteiger partial charge >= 0.3 is 0 Å². The Balaban J connectivity index is 3.89. The molecule has 0 aliphatic carbocycles. The molecule has 80 valence electrons. The minimum Gasteiger partial charge on any atom is -0.325 e. The number of hydrogen-bond donors (Lipinski definition) is 1. The van der Waals surface area contributed by atoms with Crippen LogP contribution in [0.5, 0.6) is 0 Å². The van der Waals surface area contributed by atoms with Crippen LogP contribution in [-0.4, -0.2) is 16.0 Å². The van der Waals surface area contributed by atoms with Gasteiger partial charge in [0, 0.05) is 16.0 Å². The van der Waals surface area contributed by atoms with Crippen molar-refractivity contribution in [1.82, 2.24) is 0 Å². The number of hydrogen-bond acceptors (Lipinski definition) is 2. The van der Waals surface area contributed by atoms with E-state index in [0.29, 0.717) is 10.7 Å². The SMILES string of the molecule is CC(C)C[C@](C)(N)CSC(C)(C)C. The summed E-state index contributed by atoms with van der Waals surface area (Å²) in [5, 5.41) is 0. The molecule has 0 heterocycles. The molecule has 2 N–H and O–H groups in total. The molecule has 0 bridgehead atoms. The highest BCUT2D eigenvalue weighted by Gasteiger charge is 2.23. The van der Waals surface area contributed by atoms with Crippen molar-refractivity contribution in [3.8, 4) is 0 Å². The van der Waals surface area contributed by atoms with Crippen LogP contribution in [-0.2, 0) is 0 Å². The van der Waals surface area contributed by atoms with Gasteiger partial charge in [-0.1, -0.05) is 34.6 Å². The van der Waals surface area contributed by atoms with Crippen molar-refractivity contribution < 1.29 is 0 Å². The fourth-order valence-electron chi connectivity index (χ4n) is 1.37. The summed E-state index contributed by atoms with van der Waals surface area (Å²) in [5.41, 5.74) is 6.20. The van der Waals surface area contributed by atoms with Gasteiger partial charge in [-0.3, -0.25) is 0 Å². The largest absolute Gasteiger partial charge is 0.325 e. The topological polar surface area (TPSA) is 26.0 Å². The number of thioether (sulfide) groups is 1. The van der Waals surface area contributed by atoms with Crippen LogP contribution in [0, 0.1) is 5.92 Å². The summed E-state index contributed by atoms with van der Waals surface area (Å²) in [6, 6.07) is 0. The molecule has 0 aromatic carbocycles. The molecule has 13 heavy (non-hydrogen) atoms. The van der Waals surface area contributed by atoms with Gasteiger partial charge in [0.25, 0.3) is 0 Å². The lowest BCUT2D eigenvalue weighted by Crippen LogP contribution is -2.41. The van der Waals surface area contributed by atoms with E-state index in [1.165, 1.54) is 0 Å². The van der Waals surface area contributed by atoms with Gasteiger partial charge in [0.15, 0.2) is 0 Å². The molecule has 1 atom stereocenters. The highest BCUT2D eigenvalue weighted by Crippen LogP contribution is 2.28. The summed E-state index contributed by atoms with van der Waals surface area (Å²) in [4.78, 5) is 0. The molecule has 0 unspecified atom stereocenters. The van der Waals surface area contributed by atoms with Crippen LogP contribution in [0.3, 0.4) is 0 Å². The van der Waals surface area contributed by atoms with Crippen molar-refractivity contribution in [1.29, 1.82) is 0 Å². The van der Waals surface area contributed by atoms with Gasteiger partial charge in [-0.05, 0) is 19.3 Å². The molecule has 0 aromatic rings. The first-order valence-corrected chi connectivity index (χ1v) is 6.04. The molecule has 0 saturated heterocycles. The first kappa shape index (κ1) is 13.3. The van der Waals surface area contributed by atoms with E-state index >= 15 is 0 Å². The molecule has 0 fully saturated rings. The maximum atomic E-state index is 6.20. The Morgan fingerprint density at radius 3 is 1.92 bits per heavy atom. The molecule has 0 radical (unpaired) electrons. The lowest BCUT2D eigenvalue weighted by atomic mass is 9.94.